The normalized spacial score (nSPS) is 11.1. The van der Waals surface area contributed by atoms with Crippen LogP contribution in [0.1, 0.15) is 12.1 Å². The number of hydrogen-bond donors (Lipinski definition) is 2. The highest BCUT2D eigenvalue weighted by molar-refractivity contribution is 5.44. The van der Waals surface area contributed by atoms with Gasteiger partial charge in [-0.1, -0.05) is 0 Å². The van der Waals surface area contributed by atoms with Crippen LogP contribution in [0.2, 0.25) is 0 Å². The van der Waals surface area contributed by atoms with E-state index in [1.165, 1.54) is 10.8 Å². The van der Waals surface area contributed by atoms with Gasteiger partial charge in [-0.3, -0.25) is 0 Å². The van der Waals surface area contributed by atoms with Crippen molar-refractivity contribution in [3.63, 3.8) is 0 Å². The molecule has 8 heteroatoms. The number of alkyl halides is 2. The molecule has 0 aliphatic heterocycles. The van der Waals surface area contributed by atoms with E-state index < -0.39 is 12.1 Å². The molecule has 0 unspecified atom stereocenters. The zero-order chi connectivity index (χ0) is 10.1. The van der Waals surface area contributed by atoms with Crippen LogP contribution in [0.25, 0.3) is 5.78 Å². The third-order valence-corrected chi connectivity index (χ3v) is 1.64. The van der Waals surface area contributed by atoms with Gasteiger partial charge in [-0.25, -0.2) is 19.6 Å². The van der Waals surface area contributed by atoms with Crippen LogP contribution < -0.4 is 11.3 Å². The number of halogens is 2. The van der Waals surface area contributed by atoms with Crippen LogP contribution in [0.4, 0.5) is 14.6 Å². The zero-order valence-electron chi connectivity index (χ0n) is 6.85. The molecule has 2 aromatic rings. The monoisotopic (exact) mass is 200 g/mol. The summed E-state index contributed by atoms with van der Waals surface area (Å²) in [6, 6.07) is 1.12. The predicted octanol–water partition coefficient (Wildman–Crippen LogP) is 0.348. The lowest BCUT2D eigenvalue weighted by Crippen LogP contribution is -2.13. The van der Waals surface area contributed by atoms with Crippen molar-refractivity contribution in [1.82, 2.24) is 19.6 Å². The van der Waals surface area contributed by atoms with Crippen molar-refractivity contribution < 1.29 is 8.78 Å². The van der Waals surface area contributed by atoms with Gasteiger partial charge < -0.3 is 5.43 Å². The van der Waals surface area contributed by atoms with Gasteiger partial charge in [0.05, 0.1) is 0 Å². The number of fused-ring (bicyclic) bond motifs is 1. The third-order valence-electron chi connectivity index (χ3n) is 1.64. The van der Waals surface area contributed by atoms with E-state index >= 15 is 0 Å². The van der Waals surface area contributed by atoms with Crippen LogP contribution in [-0.2, 0) is 0 Å². The maximum Gasteiger partial charge on any atom is 0.280 e. The largest absolute Gasteiger partial charge is 0.308 e. The van der Waals surface area contributed by atoms with Gasteiger partial charge in [0, 0.05) is 6.07 Å². The summed E-state index contributed by atoms with van der Waals surface area (Å²) in [5.74, 6) is 5.42. The van der Waals surface area contributed by atoms with Crippen molar-refractivity contribution in [3.05, 3.63) is 18.1 Å². The van der Waals surface area contributed by atoms with Crippen molar-refractivity contribution in [2.75, 3.05) is 5.43 Å². The molecule has 2 aromatic heterocycles. The van der Waals surface area contributed by atoms with Gasteiger partial charge in [0.1, 0.15) is 17.8 Å². The highest BCUT2D eigenvalue weighted by Gasteiger charge is 2.13. The smallest absolute Gasteiger partial charge is 0.280 e. The first-order valence-corrected chi connectivity index (χ1v) is 3.68. The first-order chi connectivity index (χ1) is 6.72. The fraction of sp³-hybridized carbons (Fsp3) is 0.167. The van der Waals surface area contributed by atoms with Gasteiger partial charge in [-0.2, -0.15) is 14.6 Å². The Kier molecular flexibility index (Phi) is 1.97. The number of nitrogens with two attached hydrogens (primary N) is 1. The van der Waals surface area contributed by atoms with Crippen LogP contribution in [0.3, 0.4) is 0 Å². The Labute approximate surface area is 76.7 Å². The minimum atomic E-state index is -2.66. The second kappa shape index (κ2) is 3.14. The van der Waals surface area contributed by atoms with E-state index in [1.807, 2.05) is 0 Å². The standard InChI is InChI=1S/C6H6F2N6/c7-5(8)3-1-4(13-9)14-6(12-3)10-2-11-14/h1-2,5,13H,9H2. The highest BCUT2D eigenvalue weighted by atomic mass is 19.3. The molecule has 2 rings (SSSR count). The number of nitrogens with zero attached hydrogens (tertiary/aromatic N) is 4. The predicted molar refractivity (Wildman–Crippen MR) is 43.5 cm³/mol. The molecule has 6 nitrogen and oxygen atoms in total. The van der Waals surface area contributed by atoms with Crippen LogP contribution in [0.15, 0.2) is 12.4 Å². The van der Waals surface area contributed by atoms with Gasteiger partial charge in [-0.05, 0) is 0 Å². The second-order valence-corrected chi connectivity index (χ2v) is 2.48. The average Bonchev–Trinajstić information content (AvgIpc) is 2.63. The van der Waals surface area contributed by atoms with Gasteiger partial charge in [-0.15, -0.1) is 0 Å². The highest BCUT2D eigenvalue weighted by Crippen LogP contribution is 2.19. The summed E-state index contributed by atoms with van der Waals surface area (Å²) in [5.41, 5.74) is 1.85. The van der Waals surface area contributed by atoms with Gasteiger partial charge >= 0.3 is 0 Å². The van der Waals surface area contributed by atoms with E-state index in [2.05, 4.69) is 20.5 Å². The molecule has 74 valence electrons. The zero-order valence-corrected chi connectivity index (χ0v) is 6.85. The summed E-state index contributed by atoms with van der Waals surface area (Å²) in [6.45, 7) is 0. The molecular formula is C6H6F2N6. The number of nitrogen functional groups attached to an aromatic ring is 1. The number of nitrogens with one attached hydrogen (secondary N) is 1. The van der Waals surface area contributed by atoms with Crippen LogP contribution in [0.5, 0.6) is 0 Å². The lowest BCUT2D eigenvalue weighted by molar-refractivity contribution is 0.146. The maximum absolute atomic E-state index is 12.3. The number of hydrazine groups is 1. The van der Waals surface area contributed by atoms with E-state index in [-0.39, 0.29) is 11.6 Å². The minimum Gasteiger partial charge on any atom is -0.308 e. The Balaban J connectivity index is 2.67. The Morgan fingerprint density at radius 1 is 1.50 bits per heavy atom. The van der Waals surface area contributed by atoms with Gasteiger partial charge in [0.25, 0.3) is 12.2 Å². The quantitative estimate of drug-likeness (QED) is 0.540. The molecule has 0 radical (unpaired) electrons. The van der Waals surface area contributed by atoms with E-state index in [1.54, 1.807) is 0 Å². The van der Waals surface area contributed by atoms with Gasteiger partial charge in [0.2, 0.25) is 0 Å². The summed E-state index contributed by atoms with van der Waals surface area (Å²) >= 11 is 0. The molecular weight excluding hydrogens is 194 g/mol. The molecule has 2 heterocycles. The summed E-state index contributed by atoms with van der Waals surface area (Å²) in [7, 11) is 0. The summed E-state index contributed by atoms with van der Waals surface area (Å²) < 4.78 is 25.9. The molecule has 0 aliphatic carbocycles. The molecule has 0 bridgehead atoms. The first-order valence-electron chi connectivity index (χ1n) is 3.68. The third kappa shape index (κ3) is 1.25. The second-order valence-electron chi connectivity index (χ2n) is 2.48. The Morgan fingerprint density at radius 2 is 2.29 bits per heavy atom. The van der Waals surface area contributed by atoms with Crippen molar-refractivity contribution in [3.8, 4) is 0 Å². The molecule has 0 saturated carbocycles. The van der Waals surface area contributed by atoms with E-state index in [0.717, 1.165) is 6.07 Å². The van der Waals surface area contributed by atoms with Gasteiger partial charge in [0.15, 0.2) is 0 Å². The average molecular weight is 200 g/mol. The van der Waals surface area contributed by atoms with E-state index in [4.69, 9.17) is 5.84 Å². The van der Waals surface area contributed by atoms with Crippen LogP contribution in [-0.4, -0.2) is 19.6 Å². The lowest BCUT2D eigenvalue weighted by Gasteiger charge is -2.04. The van der Waals surface area contributed by atoms with Crippen LogP contribution >= 0.6 is 0 Å². The molecule has 0 aromatic carbocycles. The van der Waals surface area contributed by atoms with E-state index in [9.17, 15) is 8.78 Å². The fourth-order valence-corrected chi connectivity index (χ4v) is 1.05. The molecule has 0 atom stereocenters. The SMILES string of the molecule is NNc1cc(C(F)F)nc2ncnn12. The fourth-order valence-electron chi connectivity index (χ4n) is 1.05. The topological polar surface area (TPSA) is 81.1 Å². The molecule has 0 amide bonds. The Hall–Kier alpha value is -1.83. The van der Waals surface area contributed by atoms with E-state index in [0.29, 0.717) is 0 Å². The Morgan fingerprint density at radius 3 is 2.93 bits per heavy atom. The maximum atomic E-state index is 12.3. The molecule has 0 aliphatic rings. The summed E-state index contributed by atoms with van der Waals surface area (Å²) in [4.78, 5) is 7.27. The number of anilines is 1. The Bertz CT molecular complexity index is 453. The molecule has 0 fully saturated rings. The molecule has 3 N–H and O–H groups in total. The van der Waals surface area contributed by atoms with Crippen molar-refractivity contribution >= 4 is 11.6 Å². The first kappa shape index (κ1) is 8.75. The molecule has 0 saturated heterocycles. The van der Waals surface area contributed by atoms with Crippen molar-refractivity contribution in [1.29, 1.82) is 0 Å². The van der Waals surface area contributed by atoms with Crippen LogP contribution in [0, 0.1) is 0 Å². The number of rotatable bonds is 2. The molecule has 14 heavy (non-hydrogen) atoms. The lowest BCUT2D eigenvalue weighted by atomic mass is 10.4. The van der Waals surface area contributed by atoms with Crippen molar-refractivity contribution in [2.45, 2.75) is 6.43 Å². The number of aromatic nitrogens is 4. The molecule has 0 spiro atoms. The van der Waals surface area contributed by atoms with Crippen molar-refractivity contribution in [2.24, 2.45) is 5.84 Å². The summed E-state index contributed by atoms with van der Waals surface area (Å²) in [5, 5.41) is 3.75. The summed E-state index contributed by atoms with van der Waals surface area (Å²) in [6.07, 6.45) is -1.46. The minimum absolute atomic E-state index is 0.0794. The number of hydrogen-bond acceptors (Lipinski definition) is 5.